The summed E-state index contributed by atoms with van der Waals surface area (Å²) in [5.41, 5.74) is -0.223. The standard InChI is InChI=1S/C19H26N2O6/c1-5-19(2,10-17(23)24)20-18(25)12-8-16(22)21(11-12)13-6-7-14(26-3)15(9-13)27-4/h6-7,9,12H,5,8,10-11H2,1-4H3,(H,20,25)(H,23,24)/t12-,19+/m1/s1. The SMILES string of the molecule is CC[C@@](C)(CC(=O)O)NC(=O)[C@@H]1CC(=O)N(c2ccc(OC)c(OC)c2)C1. The molecule has 8 heteroatoms. The Morgan fingerprint density at radius 1 is 1.30 bits per heavy atom. The maximum Gasteiger partial charge on any atom is 0.305 e. The van der Waals surface area contributed by atoms with Gasteiger partial charge >= 0.3 is 5.97 Å². The molecule has 2 N–H and O–H groups in total. The molecule has 2 amide bonds. The van der Waals surface area contributed by atoms with Crippen molar-refractivity contribution in [1.29, 1.82) is 0 Å². The Morgan fingerprint density at radius 2 is 1.96 bits per heavy atom. The fourth-order valence-electron chi connectivity index (χ4n) is 3.12. The summed E-state index contributed by atoms with van der Waals surface area (Å²) in [5, 5.41) is 11.9. The Morgan fingerprint density at radius 3 is 2.52 bits per heavy atom. The lowest BCUT2D eigenvalue weighted by atomic mass is 9.93. The predicted octanol–water partition coefficient (Wildman–Crippen LogP) is 1.82. The van der Waals surface area contributed by atoms with E-state index in [9.17, 15) is 14.4 Å². The minimum atomic E-state index is -0.978. The van der Waals surface area contributed by atoms with Crippen molar-refractivity contribution in [3.8, 4) is 11.5 Å². The van der Waals surface area contributed by atoms with Gasteiger partial charge in [0.2, 0.25) is 11.8 Å². The number of rotatable bonds is 8. The van der Waals surface area contributed by atoms with Gasteiger partial charge in [-0.2, -0.15) is 0 Å². The van der Waals surface area contributed by atoms with Crippen LogP contribution in [0.15, 0.2) is 18.2 Å². The van der Waals surface area contributed by atoms with Crippen LogP contribution in [0.4, 0.5) is 5.69 Å². The Kier molecular flexibility index (Phi) is 6.30. The third-order valence-electron chi connectivity index (χ3n) is 4.92. The first-order valence-electron chi connectivity index (χ1n) is 8.79. The molecule has 2 atom stereocenters. The van der Waals surface area contributed by atoms with E-state index in [1.165, 1.54) is 19.1 Å². The first-order valence-corrected chi connectivity index (χ1v) is 8.79. The molecule has 1 fully saturated rings. The summed E-state index contributed by atoms with van der Waals surface area (Å²) in [5.74, 6) is -0.944. The Bertz CT molecular complexity index is 735. The minimum Gasteiger partial charge on any atom is -0.493 e. The molecule has 0 bridgehead atoms. The van der Waals surface area contributed by atoms with Crippen molar-refractivity contribution in [2.75, 3.05) is 25.7 Å². The molecule has 1 heterocycles. The third-order valence-corrected chi connectivity index (χ3v) is 4.92. The highest BCUT2D eigenvalue weighted by atomic mass is 16.5. The number of hydrogen-bond donors (Lipinski definition) is 2. The van der Waals surface area contributed by atoms with E-state index >= 15 is 0 Å². The van der Waals surface area contributed by atoms with Gasteiger partial charge in [0.05, 0.1) is 26.6 Å². The van der Waals surface area contributed by atoms with E-state index in [-0.39, 0.29) is 31.2 Å². The fourth-order valence-corrected chi connectivity index (χ4v) is 3.12. The largest absolute Gasteiger partial charge is 0.493 e. The van der Waals surface area contributed by atoms with Gasteiger partial charge in [-0.05, 0) is 25.5 Å². The third kappa shape index (κ3) is 4.69. The monoisotopic (exact) mass is 378 g/mol. The number of carbonyl (C=O) groups excluding carboxylic acids is 2. The van der Waals surface area contributed by atoms with Crippen molar-refractivity contribution in [2.45, 2.75) is 38.6 Å². The molecule has 0 spiro atoms. The van der Waals surface area contributed by atoms with Crippen molar-refractivity contribution in [1.82, 2.24) is 5.32 Å². The number of nitrogens with one attached hydrogen (secondary N) is 1. The van der Waals surface area contributed by atoms with Gasteiger partial charge in [0, 0.05) is 30.3 Å². The van der Waals surface area contributed by atoms with E-state index in [1.54, 1.807) is 25.1 Å². The Hall–Kier alpha value is -2.77. The molecule has 148 valence electrons. The number of carbonyl (C=O) groups is 3. The van der Waals surface area contributed by atoms with Crippen molar-refractivity contribution in [3.63, 3.8) is 0 Å². The number of anilines is 1. The highest BCUT2D eigenvalue weighted by molar-refractivity contribution is 6.00. The molecule has 2 rings (SSSR count). The van der Waals surface area contributed by atoms with Crippen LogP contribution in [0.25, 0.3) is 0 Å². The molecule has 1 aromatic rings. The first kappa shape index (κ1) is 20.5. The number of carboxylic acid groups (broad SMARTS) is 1. The van der Waals surface area contributed by atoms with Crippen molar-refractivity contribution >= 4 is 23.5 Å². The van der Waals surface area contributed by atoms with Crippen LogP contribution < -0.4 is 19.7 Å². The molecule has 0 aromatic heterocycles. The number of ether oxygens (including phenoxy) is 2. The summed E-state index contributed by atoms with van der Waals surface area (Å²) in [6.45, 7) is 3.74. The lowest BCUT2D eigenvalue weighted by Gasteiger charge is -2.29. The number of hydrogen-bond acceptors (Lipinski definition) is 5. The summed E-state index contributed by atoms with van der Waals surface area (Å²) in [6.07, 6.45) is 0.382. The Labute approximate surface area is 158 Å². The lowest BCUT2D eigenvalue weighted by molar-refractivity contribution is -0.139. The maximum absolute atomic E-state index is 12.6. The van der Waals surface area contributed by atoms with E-state index < -0.39 is 17.4 Å². The second-order valence-electron chi connectivity index (χ2n) is 6.92. The van der Waals surface area contributed by atoms with Crippen LogP contribution >= 0.6 is 0 Å². The van der Waals surface area contributed by atoms with Crippen molar-refractivity contribution in [2.24, 2.45) is 5.92 Å². The van der Waals surface area contributed by atoms with Gasteiger partial charge in [-0.3, -0.25) is 14.4 Å². The number of nitrogens with zero attached hydrogens (tertiary/aromatic N) is 1. The van der Waals surface area contributed by atoms with Crippen LogP contribution in [0.1, 0.15) is 33.1 Å². The Balaban J connectivity index is 2.12. The smallest absolute Gasteiger partial charge is 0.305 e. The van der Waals surface area contributed by atoms with E-state index in [2.05, 4.69) is 5.32 Å². The van der Waals surface area contributed by atoms with Gasteiger partial charge in [-0.1, -0.05) is 6.92 Å². The summed E-state index contributed by atoms with van der Waals surface area (Å²) in [7, 11) is 3.04. The molecule has 1 aliphatic heterocycles. The summed E-state index contributed by atoms with van der Waals surface area (Å²) >= 11 is 0. The van der Waals surface area contributed by atoms with Crippen LogP contribution in [-0.2, 0) is 14.4 Å². The van der Waals surface area contributed by atoms with Crippen LogP contribution in [0.2, 0.25) is 0 Å². The minimum absolute atomic E-state index is 0.0764. The number of methoxy groups -OCH3 is 2. The molecule has 27 heavy (non-hydrogen) atoms. The van der Waals surface area contributed by atoms with Crippen LogP contribution in [0.5, 0.6) is 11.5 Å². The average molecular weight is 378 g/mol. The normalized spacial score (nSPS) is 18.7. The summed E-state index contributed by atoms with van der Waals surface area (Å²) in [6, 6.07) is 5.13. The van der Waals surface area contributed by atoms with Crippen LogP contribution in [0.3, 0.4) is 0 Å². The second kappa shape index (κ2) is 8.28. The zero-order valence-corrected chi connectivity index (χ0v) is 16.1. The fraction of sp³-hybridized carbons (Fsp3) is 0.526. The van der Waals surface area contributed by atoms with Gasteiger partial charge in [0.25, 0.3) is 0 Å². The number of benzene rings is 1. The van der Waals surface area contributed by atoms with Gasteiger partial charge in [-0.15, -0.1) is 0 Å². The number of carboxylic acids is 1. The van der Waals surface area contributed by atoms with Crippen molar-refractivity contribution < 1.29 is 29.0 Å². The lowest BCUT2D eigenvalue weighted by Crippen LogP contribution is -2.49. The molecule has 1 aromatic carbocycles. The first-order chi connectivity index (χ1) is 12.7. The second-order valence-corrected chi connectivity index (χ2v) is 6.92. The van der Waals surface area contributed by atoms with E-state index in [1.807, 2.05) is 6.92 Å². The highest BCUT2D eigenvalue weighted by Crippen LogP contribution is 2.34. The van der Waals surface area contributed by atoms with E-state index in [0.717, 1.165) is 0 Å². The summed E-state index contributed by atoms with van der Waals surface area (Å²) < 4.78 is 10.5. The molecular weight excluding hydrogens is 352 g/mol. The zero-order valence-electron chi connectivity index (χ0n) is 16.1. The van der Waals surface area contributed by atoms with E-state index in [4.69, 9.17) is 14.6 Å². The zero-order chi connectivity index (χ0) is 20.2. The molecule has 0 unspecified atom stereocenters. The van der Waals surface area contributed by atoms with Crippen LogP contribution in [0, 0.1) is 5.92 Å². The molecule has 0 radical (unpaired) electrons. The van der Waals surface area contributed by atoms with E-state index in [0.29, 0.717) is 23.6 Å². The molecule has 1 aliphatic rings. The number of amides is 2. The topological polar surface area (TPSA) is 105 Å². The maximum atomic E-state index is 12.6. The highest BCUT2D eigenvalue weighted by Gasteiger charge is 2.38. The number of aliphatic carboxylic acids is 1. The molecule has 8 nitrogen and oxygen atoms in total. The van der Waals surface area contributed by atoms with Gasteiger partial charge in [0.1, 0.15) is 0 Å². The summed E-state index contributed by atoms with van der Waals surface area (Å²) in [4.78, 5) is 37.6. The van der Waals surface area contributed by atoms with Gasteiger partial charge in [0.15, 0.2) is 11.5 Å². The molecule has 0 aliphatic carbocycles. The average Bonchev–Trinajstić information content (AvgIpc) is 3.02. The van der Waals surface area contributed by atoms with Crippen LogP contribution in [-0.4, -0.2) is 49.2 Å². The molecular formula is C19H26N2O6. The van der Waals surface area contributed by atoms with Gasteiger partial charge < -0.3 is 24.8 Å². The van der Waals surface area contributed by atoms with Gasteiger partial charge in [-0.25, -0.2) is 0 Å². The quantitative estimate of drug-likeness (QED) is 0.715. The molecule has 0 saturated carbocycles. The predicted molar refractivity (Wildman–Crippen MR) is 99.1 cm³/mol. The molecule has 1 saturated heterocycles. The van der Waals surface area contributed by atoms with Crippen molar-refractivity contribution in [3.05, 3.63) is 18.2 Å².